The number of carbonyl (C=O) groups is 3. The number of aryl methyl sites for hydroxylation is 1. The lowest BCUT2D eigenvalue weighted by molar-refractivity contribution is 0.00741. The number of aromatic nitrogens is 1. The molecule has 8 nitrogen and oxygen atoms in total. The predicted molar refractivity (Wildman–Crippen MR) is 146 cm³/mol. The largest absolute Gasteiger partial charge is 0.462 e. The maximum absolute atomic E-state index is 13.0. The van der Waals surface area contributed by atoms with Crippen LogP contribution in [-0.2, 0) is 28.9 Å². The summed E-state index contributed by atoms with van der Waals surface area (Å²) in [6.45, 7) is 9.61. The summed E-state index contributed by atoms with van der Waals surface area (Å²) in [4.78, 5) is 40.2. The van der Waals surface area contributed by atoms with Gasteiger partial charge in [0.25, 0.3) is 0 Å². The number of nitrogens with zero attached hydrogens (tertiary/aromatic N) is 1. The van der Waals surface area contributed by atoms with Gasteiger partial charge in [0, 0.05) is 29.4 Å². The first kappa shape index (κ1) is 26.9. The third-order valence-corrected chi connectivity index (χ3v) is 8.51. The van der Waals surface area contributed by atoms with Crippen LogP contribution in [0, 0.1) is 6.92 Å². The number of esters is 2. The summed E-state index contributed by atoms with van der Waals surface area (Å²) in [5.41, 5.74) is 2.45. The lowest BCUT2D eigenvalue weighted by Gasteiger charge is -2.19. The van der Waals surface area contributed by atoms with Gasteiger partial charge in [0.05, 0.1) is 12.2 Å². The van der Waals surface area contributed by atoms with Gasteiger partial charge in [-0.15, -0.1) is 22.7 Å². The van der Waals surface area contributed by atoms with Crippen molar-refractivity contribution in [3.05, 3.63) is 56.5 Å². The Kier molecular flexibility index (Phi) is 8.08. The van der Waals surface area contributed by atoms with E-state index >= 15 is 0 Å². The van der Waals surface area contributed by atoms with Gasteiger partial charge in [-0.25, -0.2) is 14.4 Å². The van der Waals surface area contributed by atoms with Gasteiger partial charge in [-0.1, -0.05) is 0 Å². The molecule has 0 saturated heterocycles. The van der Waals surface area contributed by atoms with Crippen molar-refractivity contribution in [1.82, 2.24) is 9.88 Å². The topological polar surface area (TPSA) is 98.7 Å². The maximum Gasteiger partial charge on any atom is 0.349 e. The predicted octanol–water partition coefficient (Wildman–Crippen LogP) is 6.24. The lowest BCUT2D eigenvalue weighted by atomic mass is 9.95. The first-order chi connectivity index (χ1) is 17.6. The standard InChI is InChI=1S/C27H33N3O5S2/c1-6-34-24(31)20-17-11-7-8-12-19(17)36-22(20)29-26(33)28-15-18-16(2)21(25(32)35-27(3,4)5)37-23(18)30-13-9-10-14-30/h9-10,13-14H,6-8,11-12,15H2,1-5H3,(H2,28,29,33). The van der Waals surface area contributed by atoms with Gasteiger partial charge in [0.2, 0.25) is 0 Å². The van der Waals surface area contributed by atoms with E-state index in [0.717, 1.165) is 52.3 Å². The van der Waals surface area contributed by atoms with E-state index in [-0.39, 0.29) is 19.1 Å². The minimum atomic E-state index is -0.615. The Hall–Kier alpha value is -3.11. The van der Waals surface area contributed by atoms with E-state index in [1.807, 2.05) is 56.8 Å². The van der Waals surface area contributed by atoms with Crippen molar-refractivity contribution in [2.24, 2.45) is 0 Å². The second-order valence-electron chi connectivity index (χ2n) is 9.88. The number of fused-ring (bicyclic) bond motifs is 1. The highest BCUT2D eigenvalue weighted by Gasteiger charge is 2.28. The van der Waals surface area contributed by atoms with Gasteiger partial charge in [-0.3, -0.25) is 5.32 Å². The molecule has 0 aromatic carbocycles. The van der Waals surface area contributed by atoms with Gasteiger partial charge in [0.1, 0.15) is 20.5 Å². The molecule has 198 valence electrons. The zero-order valence-corrected chi connectivity index (χ0v) is 23.5. The first-order valence-corrected chi connectivity index (χ1v) is 14.1. The molecule has 0 aliphatic heterocycles. The third kappa shape index (κ3) is 6.07. The van der Waals surface area contributed by atoms with Gasteiger partial charge in [0.15, 0.2) is 0 Å². The van der Waals surface area contributed by atoms with Crippen molar-refractivity contribution in [1.29, 1.82) is 0 Å². The molecule has 0 atom stereocenters. The molecule has 3 heterocycles. The number of hydrogen-bond acceptors (Lipinski definition) is 7. The van der Waals surface area contributed by atoms with Crippen LogP contribution in [0.1, 0.15) is 82.1 Å². The van der Waals surface area contributed by atoms with Crippen LogP contribution in [-0.4, -0.2) is 34.7 Å². The highest BCUT2D eigenvalue weighted by atomic mass is 32.1. The summed E-state index contributed by atoms with van der Waals surface area (Å²) in [6, 6.07) is 3.38. The molecule has 0 spiro atoms. The van der Waals surface area contributed by atoms with Crippen LogP contribution in [0.5, 0.6) is 0 Å². The van der Waals surface area contributed by atoms with Gasteiger partial charge in [-0.2, -0.15) is 0 Å². The number of nitrogens with one attached hydrogen (secondary N) is 2. The van der Waals surface area contributed by atoms with Gasteiger partial charge >= 0.3 is 18.0 Å². The number of carbonyl (C=O) groups excluding carboxylic acids is 3. The number of hydrogen-bond donors (Lipinski definition) is 2. The Bertz CT molecular complexity index is 1300. The van der Waals surface area contributed by atoms with Crippen molar-refractivity contribution in [3.8, 4) is 5.00 Å². The van der Waals surface area contributed by atoms with E-state index in [0.29, 0.717) is 15.4 Å². The zero-order chi connectivity index (χ0) is 26.7. The van der Waals surface area contributed by atoms with Crippen LogP contribution in [0.3, 0.4) is 0 Å². The number of ether oxygens (including phenoxy) is 2. The molecule has 10 heteroatoms. The van der Waals surface area contributed by atoms with Crippen LogP contribution in [0.2, 0.25) is 0 Å². The molecule has 1 aliphatic rings. The second-order valence-corrected chi connectivity index (χ2v) is 12.0. The zero-order valence-electron chi connectivity index (χ0n) is 21.9. The van der Waals surface area contributed by atoms with Crippen molar-refractivity contribution in [3.63, 3.8) is 0 Å². The SMILES string of the molecule is CCOC(=O)c1c(NC(=O)NCc2c(-n3cccc3)sc(C(=O)OC(C)(C)C)c2C)sc2c1CCCC2. The fraction of sp³-hybridized carbons (Fsp3) is 0.444. The minimum Gasteiger partial charge on any atom is -0.462 e. The van der Waals surface area contributed by atoms with Crippen molar-refractivity contribution >= 4 is 45.6 Å². The fourth-order valence-corrected chi connectivity index (χ4v) is 6.77. The van der Waals surface area contributed by atoms with Crippen LogP contribution in [0.25, 0.3) is 5.00 Å². The smallest absolute Gasteiger partial charge is 0.349 e. The number of anilines is 1. The molecule has 2 N–H and O–H groups in total. The van der Waals surface area contributed by atoms with Crippen LogP contribution in [0.15, 0.2) is 24.5 Å². The quantitative estimate of drug-likeness (QED) is 0.344. The molecule has 4 rings (SSSR count). The van der Waals surface area contributed by atoms with Gasteiger partial charge < -0.3 is 19.4 Å². The first-order valence-electron chi connectivity index (χ1n) is 12.4. The highest BCUT2D eigenvalue weighted by molar-refractivity contribution is 7.17. The Balaban J connectivity index is 1.56. The molecule has 3 aromatic heterocycles. The van der Waals surface area contributed by atoms with Crippen molar-refractivity contribution in [2.75, 3.05) is 11.9 Å². The van der Waals surface area contributed by atoms with E-state index in [1.165, 1.54) is 22.7 Å². The average Bonchev–Trinajstić information content (AvgIpc) is 3.54. The average molecular weight is 544 g/mol. The minimum absolute atomic E-state index is 0.199. The molecular formula is C27H33N3O5S2. The summed E-state index contributed by atoms with van der Waals surface area (Å²) in [5.74, 6) is -0.787. The van der Waals surface area contributed by atoms with E-state index < -0.39 is 17.6 Å². The number of thiophene rings is 2. The normalized spacial score (nSPS) is 13.1. The molecule has 0 radical (unpaired) electrons. The Morgan fingerprint density at radius 2 is 1.76 bits per heavy atom. The van der Waals surface area contributed by atoms with E-state index in [4.69, 9.17) is 9.47 Å². The molecule has 0 saturated carbocycles. The molecular weight excluding hydrogens is 510 g/mol. The summed E-state index contributed by atoms with van der Waals surface area (Å²) in [6.07, 6.45) is 7.59. The van der Waals surface area contributed by atoms with Crippen molar-refractivity contribution in [2.45, 2.75) is 72.4 Å². The van der Waals surface area contributed by atoms with Crippen LogP contribution < -0.4 is 10.6 Å². The van der Waals surface area contributed by atoms with E-state index in [9.17, 15) is 14.4 Å². The Morgan fingerprint density at radius 1 is 1.05 bits per heavy atom. The number of urea groups is 1. The second kappa shape index (κ2) is 11.1. The summed E-state index contributed by atoms with van der Waals surface area (Å²) < 4.78 is 12.8. The number of amides is 2. The van der Waals surface area contributed by atoms with E-state index in [1.54, 1.807) is 6.92 Å². The van der Waals surface area contributed by atoms with Crippen molar-refractivity contribution < 1.29 is 23.9 Å². The van der Waals surface area contributed by atoms with Crippen LogP contribution in [0.4, 0.5) is 9.80 Å². The number of rotatable bonds is 7. The third-order valence-electron chi connectivity index (χ3n) is 5.98. The van der Waals surface area contributed by atoms with Crippen LogP contribution >= 0.6 is 22.7 Å². The molecule has 0 fully saturated rings. The highest BCUT2D eigenvalue weighted by Crippen LogP contribution is 2.39. The fourth-order valence-electron chi connectivity index (χ4n) is 4.33. The molecule has 0 bridgehead atoms. The Labute approximate surface area is 225 Å². The maximum atomic E-state index is 13.0. The lowest BCUT2D eigenvalue weighted by Crippen LogP contribution is -2.29. The molecule has 3 aromatic rings. The van der Waals surface area contributed by atoms with E-state index in [2.05, 4.69) is 10.6 Å². The molecule has 1 aliphatic carbocycles. The summed E-state index contributed by atoms with van der Waals surface area (Å²) in [7, 11) is 0. The molecule has 2 amide bonds. The van der Waals surface area contributed by atoms with Gasteiger partial charge in [-0.05, 0) is 83.6 Å². The molecule has 0 unspecified atom stereocenters. The summed E-state index contributed by atoms with van der Waals surface area (Å²) >= 11 is 2.78. The monoisotopic (exact) mass is 543 g/mol. The summed E-state index contributed by atoms with van der Waals surface area (Å²) in [5, 5.41) is 7.15. The molecule has 37 heavy (non-hydrogen) atoms. The Morgan fingerprint density at radius 3 is 2.43 bits per heavy atom.